The average molecular weight is 260 g/mol. The second-order valence-electron chi connectivity index (χ2n) is 5.37. The van der Waals surface area contributed by atoms with Gasteiger partial charge in [-0.15, -0.1) is 0 Å². The van der Waals surface area contributed by atoms with Gasteiger partial charge in [-0.3, -0.25) is 4.79 Å². The zero-order chi connectivity index (χ0) is 13.5. The normalized spacial score (nSPS) is 17.9. The first-order chi connectivity index (χ1) is 9.29. The molecular weight excluding hydrogens is 236 g/mol. The molecule has 19 heavy (non-hydrogen) atoms. The van der Waals surface area contributed by atoms with E-state index in [4.69, 9.17) is 0 Å². The van der Waals surface area contributed by atoms with E-state index in [0.717, 1.165) is 19.3 Å². The van der Waals surface area contributed by atoms with Gasteiger partial charge in [0.25, 0.3) is 0 Å². The van der Waals surface area contributed by atoms with Crippen LogP contribution in [-0.2, 0) is 11.2 Å². The minimum absolute atomic E-state index is 0.135. The van der Waals surface area contributed by atoms with E-state index < -0.39 is 0 Å². The summed E-state index contributed by atoms with van der Waals surface area (Å²) in [7, 11) is 1.86. The predicted molar refractivity (Wildman–Crippen MR) is 78.0 cm³/mol. The molecule has 1 fully saturated rings. The summed E-state index contributed by atoms with van der Waals surface area (Å²) in [6.45, 7) is 0. The number of likely N-dealkylation sites (N-methyl/N-ethyl adjacent to an activating group) is 1. The average Bonchev–Trinajstić information content (AvgIpc) is 2.47. The monoisotopic (exact) mass is 260 g/mol. The Kier molecular flexibility index (Phi) is 5.40. The van der Waals surface area contributed by atoms with Crippen molar-refractivity contribution in [2.24, 2.45) is 0 Å². The molecule has 0 heterocycles. The van der Waals surface area contributed by atoms with Crippen molar-refractivity contribution >= 4 is 5.91 Å². The molecule has 0 saturated heterocycles. The van der Waals surface area contributed by atoms with E-state index in [9.17, 15) is 4.79 Å². The summed E-state index contributed by atoms with van der Waals surface area (Å²) in [5.74, 6) is 0.137. The molecule has 1 unspecified atom stereocenters. The van der Waals surface area contributed by atoms with Crippen LogP contribution >= 0.6 is 0 Å². The molecule has 1 aliphatic rings. The molecule has 1 aromatic carbocycles. The van der Waals surface area contributed by atoms with Crippen molar-refractivity contribution in [3.8, 4) is 0 Å². The van der Waals surface area contributed by atoms with Crippen molar-refractivity contribution in [1.29, 1.82) is 0 Å². The molecule has 1 amide bonds. The minimum Gasteiger partial charge on any atom is -0.352 e. The first-order valence-corrected chi connectivity index (χ1v) is 7.31. The third kappa shape index (κ3) is 4.35. The summed E-state index contributed by atoms with van der Waals surface area (Å²) >= 11 is 0. The Morgan fingerprint density at radius 3 is 2.53 bits per heavy atom. The van der Waals surface area contributed by atoms with Crippen molar-refractivity contribution in [1.82, 2.24) is 10.6 Å². The maximum absolute atomic E-state index is 12.3. The van der Waals surface area contributed by atoms with Crippen molar-refractivity contribution in [2.75, 3.05) is 7.05 Å². The molecule has 0 bridgehead atoms. The van der Waals surface area contributed by atoms with Gasteiger partial charge >= 0.3 is 0 Å². The zero-order valence-electron chi connectivity index (χ0n) is 11.7. The van der Waals surface area contributed by atoms with Crippen LogP contribution in [0.3, 0.4) is 0 Å². The summed E-state index contributed by atoms with van der Waals surface area (Å²) in [5.41, 5.74) is 1.20. The molecule has 0 spiro atoms. The van der Waals surface area contributed by atoms with E-state index >= 15 is 0 Å². The standard InChI is InChI=1S/C16H24N2O/c1-17-15(12-13-8-4-2-5-9-13)16(19)18-14-10-6-3-7-11-14/h2,4-5,8-9,14-15,17H,3,6-7,10-12H2,1H3,(H,18,19). The van der Waals surface area contributed by atoms with Crippen LogP contribution in [0.1, 0.15) is 37.7 Å². The van der Waals surface area contributed by atoms with Crippen molar-refractivity contribution < 1.29 is 4.79 Å². The number of rotatable bonds is 5. The van der Waals surface area contributed by atoms with Gasteiger partial charge in [0, 0.05) is 6.04 Å². The molecule has 0 aromatic heterocycles. The molecule has 1 atom stereocenters. The van der Waals surface area contributed by atoms with Crippen molar-refractivity contribution in [3.63, 3.8) is 0 Å². The van der Waals surface area contributed by atoms with E-state index in [1.807, 2.05) is 25.2 Å². The van der Waals surface area contributed by atoms with Gasteiger partial charge in [-0.25, -0.2) is 0 Å². The number of nitrogens with one attached hydrogen (secondary N) is 2. The van der Waals surface area contributed by atoms with E-state index in [1.54, 1.807) is 0 Å². The highest BCUT2D eigenvalue weighted by atomic mass is 16.2. The van der Waals surface area contributed by atoms with E-state index in [-0.39, 0.29) is 11.9 Å². The lowest BCUT2D eigenvalue weighted by Crippen LogP contribution is -2.48. The van der Waals surface area contributed by atoms with E-state index in [0.29, 0.717) is 6.04 Å². The fourth-order valence-electron chi connectivity index (χ4n) is 2.72. The molecule has 2 rings (SSSR count). The highest BCUT2D eigenvalue weighted by Crippen LogP contribution is 2.17. The van der Waals surface area contributed by atoms with Crippen LogP contribution in [0, 0.1) is 0 Å². The van der Waals surface area contributed by atoms with Gasteiger partial charge in [-0.05, 0) is 31.9 Å². The maximum Gasteiger partial charge on any atom is 0.237 e. The second kappa shape index (κ2) is 7.29. The van der Waals surface area contributed by atoms with Gasteiger partial charge in [-0.2, -0.15) is 0 Å². The summed E-state index contributed by atoms with van der Waals surface area (Å²) in [5, 5.41) is 6.32. The molecule has 0 aliphatic heterocycles. The van der Waals surface area contributed by atoms with E-state index in [2.05, 4.69) is 22.8 Å². The molecule has 104 valence electrons. The van der Waals surface area contributed by atoms with Gasteiger partial charge in [0.2, 0.25) is 5.91 Å². The van der Waals surface area contributed by atoms with Gasteiger partial charge in [0.05, 0.1) is 6.04 Å². The zero-order valence-corrected chi connectivity index (χ0v) is 11.7. The van der Waals surface area contributed by atoms with Crippen LogP contribution in [0.15, 0.2) is 30.3 Å². The first-order valence-electron chi connectivity index (χ1n) is 7.31. The van der Waals surface area contributed by atoms with Crippen LogP contribution < -0.4 is 10.6 Å². The third-order valence-corrected chi connectivity index (χ3v) is 3.90. The summed E-state index contributed by atoms with van der Waals surface area (Å²) in [6.07, 6.45) is 6.81. The smallest absolute Gasteiger partial charge is 0.237 e. The second-order valence-corrected chi connectivity index (χ2v) is 5.37. The predicted octanol–water partition coefficient (Wildman–Crippen LogP) is 2.27. The number of hydrogen-bond donors (Lipinski definition) is 2. The summed E-state index contributed by atoms with van der Waals surface area (Å²) in [4.78, 5) is 12.3. The molecule has 0 radical (unpaired) electrons. The number of amides is 1. The molecule has 1 aromatic rings. The van der Waals surface area contributed by atoms with Crippen LogP contribution in [0.2, 0.25) is 0 Å². The molecule has 2 N–H and O–H groups in total. The minimum atomic E-state index is -0.135. The molecule has 1 saturated carbocycles. The maximum atomic E-state index is 12.3. The van der Waals surface area contributed by atoms with Crippen molar-refractivity contribution in [3.05, 3.63) is 35.9 Å². The fourth-order valence-corrected chi connectivity index (χ4v) is 2.72. The Balaban J connectivity index is 1.87. The Morgan fingerprint density at radius 2 is 1.89 bits per heavy atom. The summed E-state index contributed by atoms with van der Waals surface area (Å²) in [6, 6.07) is 10.4. The number of carbonyl (C=O) groups excluding carboxylic acids is 1. The van der Waals surface area contributed by atoms with Crippen molar-refractivity contribution in [2.45, 2.75) is 50.6 Å². The molecule has 3 nitrogen and oxygen atoms in total. The fraction of sp³-hybridized carbons (Fsp3) is 0.562. The molecular formula is C16H24N2O. The highest BCUT2D eigenvalue weighted by molar-refractivity contribution is 5.82. The van der Waals surface area contributed by atoms with E-state index in [1.165, 1.54) is 24.8 Å². The lowest BCUT2D eigenvalue weighted by molar-refractivity contribution is -0.123. The van der Waals surface area contributed by atoms with Crippen LogP contribution in [0.25, 0.3) is 0 Å². The first kappa shape index (κ1) is 14.1. The Labute approximate surface area is 115 Å². The largest absolute Gasteiger partial charge is 0.352 e. The Bertz CT molecular complexity index is 385. The highest BCUT2D eigenvalue weighted by Gasteiger charge is 2.21. The number of carbonyl (C=O) groups is 1. The lowest BCUT2D eigenvalue weighted by Gasteiger charge is -2.25. The van der Waals surface area contributed by atoms with Crippen LogP contribution in [0.5, 0.6) is 0 Å². The quantitative estimate of drug-likeness (QED) is 0.852. The lowest BCUT2D eigenvalue weighted by atomic mass is 9.95. The molecule has 3 heteroatoms. The van der Waals surface area contributed by atoms with Crippen LogP contribution in [-0.4, -0.2) is 25.0 Å². The van der Waals surface area contributed by atoms with Gasteiger partial charge in [0.15, 0.2) is 0 Å². The van der Waals surface area contributed by atoms with Gasteiger partial charge in [-0.1, -0.05) is 49.6 Å². The number of benzene rings is 1. The third-order valence-electron chi connectivity index (χ3n) is 3.90. The topological polar surface area (TPSA) is 41.1 Å². The summed E-state index contributed by atoms with van der Waals surface area (Å²) < 4.78 is 0. The van der Waals surface area contributed by atoms with Gasteiger partial charge in [0.1, 0.15) is 0 Å². The van der Waals surface area contributed by atoms with Gasteiger partial charge < -0.3 is 10.6 Å². The Morgan fingerprint density at radius 1 is 1.21 bits per heavy atom. The molecule has 1 aliphatic carbocycles. The SMILES string of the molecule is CNC(Cc1ccccc1)C(=O)NC1CCCCC1. The number of hydrogen-bond acceptors (Lipinski definition) is 2. The van der Waals surface area contributed by atoms with Crippen LogP contribution in [0.4, 0.5) is 0 Å². The Hall–Kier alpha value is -1.35.